The molecule has 1 fully saturated rings. The van der Waals surface area contributed by atoms with Crippen molar-refractivity contribution >= 4 is 31.8 Å². The van der Waals surface area contributed by atoms with Crippen LogP contribution in [-0.2, 0) is 33.3 Å². The van der Waals surface area contributed by atoms with Gasteiger partial charge in [-0.15, -0.1) is 0 Å². The number of fused-ring (bicyclic) bond motifs is 1. The minimum atomic E-state index is -4.86. The second kappa shape index (κ2) is 13.8. The van der Waals surface area contributed by atoms with E-state index in [2.05, 4.69) is 0 Å². The summed E-state index contributed by atoms with van der Waals surface area (Å²) in [6, 6.07) is 14.7. The Balaban J connectivity index is 1.67. The average molecular weight is 735 g/mol. The van der Waals surface area contributed by atoms with Crippen LogP contribution in [-0.4, -0.2) is 48.3 Å². The highest BCUT2D eigenvalue weighted by Crippen LogP contribution is 2.46. The molecule has 0 aromatic heterocycles. The molecular weight excluding hydrogens is 697 g/mol. The molecule has 4 aromatic carbocycles. The normalized spacial score (nSPS) is 15.1. The highest BCUT2D eigenvalue weighted by Gasteiger charge is 2.36. The van der Waals surface area contributed by atoms with E-state index in [1.165, 1.54) is 47.4 Å². The van der Waals surface area contributed by atoms with E-state index in [1.54, 1.807) is 39.0 Å². The van der Waals surface area contributed by atoms with Crippen molar-refractivity contribution in [2.24, 2.45) is 5.92 Å². The fraction of sp³-hybridized carbons (Fsp3) is 0.324. The first-order valence-electron chi connectivity index (χ1n) is 16.6. The number of hydrogen-bond acceptors (Lipinski definition) is 8. The van der Waals surface area contributed by atoms with E-state index in [9.17, 15) is 40.8 Å². The van der Waals surface area contributed by atoms with E-state index in [4.69, 9.17) is 4.74 Å². The second-order valence-electron chi connectivity index (χ2n) is 13.4. The summed E-state index contributed by atoms with van der Waals surface area (Å²) in [5, 5.41) is 11.9. The molecule has 2 aliphatic rings. The molecule has 1 heterocycles. The summed E-state index contributed by atoms with van der Waals surface area (Å²) in [5.41, 5.74) is 2.75. The summed E-state index contributed by atoms with van der Waals surface area (Å²) < 4.78 is 78.3. The number of nitrogens with zero attached hydrogens (tertiary/aromatic N) is 2. The molecule has 4 aromatic rings. The van der Waals surface area contributed by atoms with Gasteiger partial charge in [-0.2, -0.15) is 16.8 Å². The predicted octanol–water partition coefficient (Wildman–Crippen LogP) is 7.46. The Morgan fingerprint density at radius 2 is 1.41 bits per heavy atom. The monoisotopic (exact) mass is 734 g/mol. The topological polar surface area (TPSA) is 181 Å². The number of ether oxygens (including phenoxy) is 1. The molecule has 0 radical (unpaired) electrons. The first kappa shape index (κ1) is 36.2. The molecule has 0 spiro atoms. The molecule has 12 nitrogen and oxygen atoms in total. The Morgan fingerprint density at radius 1 is 0.824 bits per heavy atom. The van der Waals surface area contributed by atoms with E-state index in [0.29, 0.717) is 27.8 Å². The first-order chi connectivity index (χ1) is 24.0. The van der Waals surface area contributed by atoms with Gasteiger partial charge in [0, 0.05) is 29.3 Å². The van der Waals surface area contributed by atoms with Gasteiger partial charge in [-0.3, -0.25) is 24.0 Å². The number of amides is 1. The molecule has 6 rings (SSSR count). The molecule has 0 atom stereocenters. The van der Waals surface area contributed by atoms with Crippen LogP contribution in [0.15, 0.2) is 70.5 Å². The maximum Gasteiger partial charge on any atom is 0.295 e. The number of nitro benzene ring substituents is 1. The average Bonchev–Trinajstić information content (AvgIpc) is 3.51. The zero-order chi connectivity index (χ0) is 36.8. The van der Waals surface area contributed by atoms with E-state index in [0.717, 1.165) is 32.1 Å². The molecule has 2 N–H and O–H groups in total. The van der Waals surface area contributed by atoms with Crippen LogP contribution in [0.3, 0.4) is 0 Å². The predicted molar refractivity (Wildman–Crippen MR) is 190 cm³/mol. The number of carbonyl (C=O) groups excluding carboxylic acids is 1. The van der Waals surface area contributed by atoms with E-state index >= 15 is 0 Å². The van der Waals surface area contributed by atoms with Crippen molar-refractivity contribution in [2.75, 3.05) is 6.61 Å². The van der Waals surface area contributed by atoms with Crippen molar-refractivity contribution in [3.8, 4) is 28.0 Å². The fourth-order valence-electron chi connectivity index (χ4n) is 7.23. The molecule has 0 saturated heterocycles. The van der Waals surface area contributed by atoms with Gasteiger partial charge in [-0.25, -0.2) is 0 Å². The lowest BCUT2D eigenvalue weighted by molar-refractivity contribution is -0.385. The summed E-state index contributed by atoms with van der Waals surface area (Å²) in [4.78, 5) is 26.8. The van der Waals surface area contributed by atoms with E-state index < -0.39 is 40.9 Å². The summed E-state index contributed by atoms with van der Waals surface area (Å²) in [6.07, 6.45) is 4.91. The number of nitro groups is 1. The highest BCUT2D eigenvalue weighted by molar-refractivity contribution is 7.86. The Kier molecular flexibility index (Phi) is 9.81. The van der Waals surface area contributed by atoms with Gasteiger partial charge < -0.3 is 9.64 Å². The Bertz CT molecular complexity index is 2300. The molecule has 51 heavy (non-hydrogen) atoms. The minimum absolute atomic E-state index is 0.0297. The van der Waals surface area contributed by atoms with Gasteiger partial charge in [0.25, 0.3) is 31.8 Å². The van der Waals surface area contributed by atoms with Crippen LogP contribution in [0.5, 0.6) is 5.75 Å². The highest BCUT2D eigenvalue weighted by atomic mass is 32.2. The molecular formula is C37H38N2O10S2. The molecule has 268 valence electrons. The molecule has 0 unspecified atom stereocenters. The van der Waals surface area contributed by atoms with E-state index in [-0.39, 0.29) is 64.9 Å². The molecule has 1 aliphatic carbocycles. The maximum atomic E-state index is 14.9. The van der Waals surface area contributed by atoms with Gasteiger partial charge >= 0.3 is 0 Å². The van der Waals surface area contributed by atoms with Crippen molar-refractivity contribution in [1.82, 2.24) is 4.90 Å². The number of benzene rings is 4. The van der Waals surface area contributed by atoms with Crippen LogP contribution in [0.25, 0.3) is 22.3 Å². The van der Waals surface area contributed by atoms with Crippen LogP contribution in [0, 0.1) is 36.8 Å². The Morgan fingerprint density at radius 3 is 1.98 bits per heavy atom. The van der Waals surface area contributed by atoms with Crippen molar-refractivity contribution in [1.29, 1.82) is 0 Å². The van der Waals surface area contributed by atoms with Crippen LogP contribution in [0.4, 0.5) is 5.69 Å². The van der Waals surface area contributed by atoms with Gasteiger partial charge in [-0.1, -0.05) is 66.8 Å². The molecule has 0 bridgehead atoms. The summed E-state index contributed by atoms with van der Waals surface area (Å²) in [6.45, 7) is 5.26. The number of aryl methyl sites for hydroxylation is 2. The Labute approximate surface area is 296 Å². The smallest absolute Gasteiger partial charge is 0.295 e. The third-order valence-electron chi connectivity index (χ3n) is 9.78. The van der Waals surface area contributed by atoms with Gasteiger partial charge in [0.2, 0.25) is 0 Å². The molecule has 14 heteroatoms. The van der Waals surface area contributed by atoms with Crippen molar-refractivity contribution in [2.45, 2.75) is 75.8 Å². The molecule has 1 saturated carbocycles. The molecule has 1 amide bonds. The molecule has 1 aliphatic heterocycles. The van der Waals surface area contributed by atoms with Gasteiger partial charge in [-0.05, 0) is 74.4 Å². The lowest BCUT2D eigenvalue weighted by atomic mass is 9.88. The number of carbonyl (C=O) groups is 1. The van der Waals surface area contributed by atoms with Crippen molar-refractivity contribution in [3.63, 3.8) is 0 Å². The van der Waals surface area contributed by atoms with Crippen molar-refractivity contribution in [3.05, 3.63) is 104 Å². The van der Waals surface area contributed by atoms with Crippen molar-refractivity contribution < 1.29 is 40.4 Å². The van der Waals surface area contributed by atoms with Crippen LogP contribution >= 0.6 is 0 Å². The summed E-state index contributed by atoms with van der Waals surface area (Å²) in [5.74, 6) is -0.369. The second-order valence-corrected chi connectivity index (χ2v) is 16.2. The lowest BCUT2D eigenvalue weighted by Gasteiger charge is -2.27. The lowest BCUT2D eigenvalue weighted by Crippen LogP contribution is -2.27. The van der Waals surface area contributed by atoms with E-state index in [1.807, 2.05) is 0 Å². The third kappa shape index (κ3) is 7.27. The summed E-state index contributed by atoms with van der Waals surface area (Å²) in [7, 11) is -9.62. The van der Waals surface area contributed by atoms with Crippen LogP contribution in [0.2, 0.25) is 0 Å². The quantitative estimate of drug-likeness (QED) is 0.0995. The SMILES string of the molecule is Cc1ccc(S(=O)(=O)O)c(-c2cc(-c3cc(C)ccc3S(=O)(=O)O)c(C(=O)N3Cc4cccc([N+](=O)[O-])c4C3)c(OCC3CCCCC3)c2C)c1. The van der Waals surface area contributed by atoms with Gasteiger partial charge in [0.05, 0.1) is 29.2 Å². The minimum Gasteiger partial charge on any atom is -0.492 e. The maximum absolute atomic E-state index is 14.9. The first-order valence-corrected chi connectivity index (χ1v) is 19.4. The van der Waals surface area contributed by atoms with Gasteiger partial charge in [0.1, 0.15) is 15.5 Å². The van der Waals surface area contributed by atoms with Crippen LogP contribution < -0.4 is 4.74 Å². The zero-order valence-corrected chi connectivity index (χ0v) is 30.0. The third-order valence-corrected chi connectivity index (χ3v) is 11.6. The summed E-state index contributed by atoms with van der Waals surface area (Å²) >= 11 is 0. The number of hydrogen-bond donors (Lipinski definition) is 2. The van der Waals surface area contributed by atoms with Crippen LogP contribution in [0.1, 0.15) is 70.3 Å². The fourth-order valence-corrected chi connectivity index (χ4v) is 8.61. The van der Waals surface area contributed by atoms with Gasteiger partial charge in [0.15, 0.2) is 0 Å². The number of rotatable bonds is 9. The standard InChI is InChI=1S/C37H38N2O10S2/c1-22-12-14-33(50(43,44)45)28(16-22)27-18-30(29-17-23(2)13-15-34(29)51(46,47)48)35(36(24(27)3)49-21-25-8-5-4-6-9-25)37(40)38-19-26-10-7-11-32(39(41)42)31(26)20-38/h7,10-18,25H,4-6,8-9,19-21H2,1-3H3,(H,43,44,45)(H,46,47,48). The zero-order valence-electron chi connectivity index (χ0n) is 28.4. The largest absolute Gasteiger partial charge is 0.492 e. The Hall–Kier alpha value is -4.63.